The Labute approximate surface area is 86.2 Å². The number of phenols is 1. The van der Waals surface area contributed by atoms with Crippen LogP contribution in [0.4, 0.5) is 0 Å². The van der Waals surface area contributed by atoms with E-state index in [0.717, 1.165) is 0 Å². The third-order valence-electron chi connectivity index (χ3n) is 1.69. The van der Waals surface area contributed by atoms with Crippen molar-refractivity contribution in [3.63, 3.8) is 0 Å². The molecule has 0 aliphatic heterocycles. The van der Waals surface area contributed by atoms with Gasteiger partial charge in [-0.05, 0) is 12.1 Å². The van der Waals surface area contributed by atoms with Gasteiger partial charge in [-0.3, -0.25) is 0 Å². The molecule has 1 atom stereocenters. The Kier molecular flexibility index (Phi) is 3.39. The normalized spacial score (nSPS) is 12.9. The smallest absolute Gasteiger partial charge is 0.118 e. The van der Waals surface area contributed by atoms with E-state index >= 15 is 0 Å². The summed E-state index contributed by atoms with van der Waals surface area (Å²) in [4.78, 5) is 0. The predicted octanol–water partition coefficient (Wildman–Crippen LogP) is 1.66. The van der Waals surface area contributed by atoms with Gasteiger partial charge in [0.05, 0.1) is 10.0 Å². The van der Waals surface area contributed by atoms with Crippen LogP contribution in [0.1, 0.15) is 11.6 Å². The van der Waals surface area contributed by atoms with Crippen LogP contribution in [0.25, 0.3) is 0 Å². The van der Waals surface area contributed by atoms with E-state index in [0.29, 0.717) is 15.6 Å². The van der Waals surface area contributed by atoms with E-state index in [1.54, 1.807) is 0 Å². The molecule has 0 amide bonds. The Morgan fingerprint density at radius 1 is 1.31 bits per heavy atom. The van der Waals surface area contributed by atoms with Gasteiger partial charge in [0.15, 0.2) is 0 Å². The number of halogens is 2. The first-order valence-corrected chi connectivity index (χ1v) is 4.45. The zero-order valence-electron chi connectivity index (χ0n) is 6.80. The van der Waals surface area contributed by atoms with Crippen LogP contribution in [-0.2, 0) is 0 Å². The van der Waals surface area contributed by atoms with Crippen molar-refractivity contribution in [1.82, 2.24) is 0 Å². The summed E-state index contributed by atoms with van der Waals surface area (Å²) in [6, 6.07) is 2.37. The number of hydrogen-bond acceptors (Lipinski definition) is 3. The molecule has 13 heavy (non-hydrogen) atoms. The van der Waals surface area contributed by atoms with Crippen LogP contribution in [0.2, 0.25) is 10.0 Å². The van der Waals surface area contributed by atoms with Crippen molar-refractivity contribution in [1.29, 1.82) is 0 Å². The lowest BCUT2D eigenvalue weighted by Gasteiger charge is -2.13. The van der Waals surface area contributed by atoms with Gasteiger partial charge in [-0.15, -0.1) is 0 Å². The maximum atomic E-state index is 9.13. The molecule has 0 fully saturated rings. The average Bonchev–Trinajstić information content (AvgIpc) is 2.02. The number of rotatable bonds is 2. The number of hydrogen-bond donors (Lipinski definition) is 3. The summed E-state index contributed by atoms with van der Waals surface area (Å²) in [7, 11) is 0. The number of benzene rings is 1. The fourth-order valence-electron chi connectivity index (χ4n) is 1.04. The minimum atomic E-state index is -0.402. The molecule has 0 saturated heterocycles. The number of aromatic hydroxyl groups is 1. The van der Waals surface area contributed by atoms with Crippen molar-refractivity contribution in [2.75, 3.05) is 6.54 Å². The highest BCUT2D eigenvalue weighted by Gasteiger charge is 2.13. The molecule has 1 rings (SSSR count). The SMILES string of the molecule is NCC(N)c1c(Cl)cc(O)cc1Cl. The van der Waals surface area contributed by atoms with Crippen LogP contribution in [-0.4, -0.2) is 11.7 Å². The summed E-state index contributed by atoms with van der Waals surface area (Å²) in [6.45, 7) is 0.254. The largest absolute Gasteiger partial charge is 0.508 e. The van der Waals surface area contributed by atoms with Gasteiger partial charge in [0.1, 0.15) is 5.75 Å². The lowest BCUT2D eigenvalue weighted by molar-refractivity contribution is 0.475. The van der Waals surface area contributed by atoms with E-state index < -0.39 is 6.04 Å². The molecule has 0 bridgehead atoms. The van der Waals surface area contributed by atoms with Crippen LogP contribution >= 0.6 is 23.2 Å². The van der Waals surface area contributed by atoms with E-state index in [-0.39, 0.29) is 12.3 Å². The van der Waals surface area contributed by atoms with Gasteiger partial charge in [0, 0.05) is 18.2 Å². The number of phenolic OH excluding ortho intramolecular Hbond substituents is 1. The van der Waals surface area contributed by atoms with Crippen LogP contribution in [0, 0.1) is 0 Å². The molecule has 0 saturated carbocycles. The van der Waals surface area contributed by atoms with E-state index in [1.807, 2.05) is 0 Å². The molecule has 1 aromatic carbocycles. The van der Waals surface area contributed by atoms with Crippen LogP contribution in [0.15, 0.2) is 12.1 Å². The second-order valence-electron chi connectivity index (χ2n) is 2.67. The van der Waals surface area contributed by atoms with Gasteiger partial charge >= 0.3 is 0 Å². The monoisotopic (exact) mass is 220 g/mol. The Balaban J connectivity index is 3.20. The van der Waals surface area contributed by atoms with E-state index in [1.165, 1.54) is 12.1 Å². The standard InChI is InChI=1S/C8H10Cl2N2O/c9-5-1-4(13)2-6(10)8(5)7(12)3-11/h1-2,7,13H,3,11-12H2. The third-order valence-corrected chi connectivity index (χ3v) is 2.31. The molecular weight excluding hydrogens is 211 g/mol. The molecule has 5 heteroatoms. The molecule has 1 aromatic rings. The summed E-state index contributed by atoms with van der Waals surface area (Å²) in [5, 5.41) is 9.80. The topological polar surface area (TPSA) is 72.3 Å². The van der Waals surface area contributed by atoms with Gasteiger partial charge in [0.2, 0.25) is 0 Å². The molecule has 72 valence electrons. The Bertz CT molecular complexity index is 294. The molecular formula is C8H10Cl2N2O. The van der Waals surface area contributed by atoms with Gasteiger partial charge in [-0.2, -0.15) is 0 Å². The zero-order chi connectivity index (χ0) is 10.0. The van der Waals surface area contributed by atoms with Crippen molar-refractivity contribution >= 4 is 23.2 Å². The van der Waals surface area contributed by atoms with Crippen molar-refractivity contribution in [2.24, 2.45) is 11.5 Å². The number of nitrogens with two attached hydrogens (primary N) is 2. The van der Waals surface area contributed by atoms with Gasteiger partial charge in [-0.25, -0.2) is 0 Å². The van der Waals surface area contributed by atoms with Gasteiger partial charge in [0.25, 0.3) is 0 Å². The molecule has 0 heterocycles. The Hall–Kier alpha value is -0.480. The molecule has 0 aliphatic rings. The fraction of sp³-hybridized carbons (Fsp3) is 0.250. The van der Waals surface area contributed by atoms with E-state index in [2.05, 4.69) is 0 Å². The average molecular weight is 221 g/mol. The fourth-order valence-corrected chi connectivity index (χ4v) is 1.80. The first-order chi connectivity index (χ1) is 6.06. The van der Waals surface area contributed by atoms with E-state index in [4.69, 9.17) is 39.8 Å². The quantitative estimate of drug-likeness (QED) is 0.710. The summed E-state index contributed by atoms with van der Waals surface area (Å²) in [5.41, 5.74) is 11.6. The van der Waals surface area contributed by atoms with Crippen LogP contribution in [0.3, 0.4) is 0 Å². The van der Waals surface area contributed by atoms with Gasteiger partial charge in [-0.1, -0.05) is 23.2 Å². The molecule has 0 aliphatic carbocycles. The molecule has 0 spiro atoms. The first kappa shape index (κ1) is 10.6. The van der Waals surface area contributed by atoms with Crippen molar-refractivity contribution in [2.45, 2.75) is 6.04 Å². The van der Waals surface area contributed by atoms with E-state index in [9.17, 15) is 0 Å². The lowest BCUT2D eigenvalue weighted by Crippen LogP contribution is -2.21. The molecule has 1 unspecified atom stereocenters. The van der Waals surface area contributed by atoms with Crippen molar-refractivity contribution < 1.29 is 5.11 Å². The van der Waals surface area contributed by atoms with Crippen LogP contribution in [0.5, 0.6) is 5.75 Å². The van der Waals surface area contributed by atoms with Crippen molar-refractivity contribution in [3.8, 4) is 5.75 Å². The highest BCUT2D eigenvalue weighted by Crippen LogP contribution is 2.32. The highest BCUT2D eigenvalue weighted by molar-refractivity contribution is 6.36. The summed E-state index contributed by atoms with van der Waals surface area (Å²) < 4.78 is 0. The second-order valence-corrected chi connectivity index (χ2v) is 3.48. The highest BCUT2D eigenvalue weighted by atomic mass is 35.5. The third kappa shape index (κ3) is 2.25. The maximum Gasteiger partial charge on any atom is 0.118 e. The summed E-state index contributed by atoms with van der Waals surface area (Å²) in [5.74, 6) is 0.0166. The van der Waals surface area contributed by atoms with Gasteiger partial charge < -0.3 is 16.6 Å². The summed E-state index contributed by atoms with van der Waals surface area (Å²) in [6.07, 6.45) is 0. The minimum absolute atomic E-state index is 0.0166. The predicted molar refractivity (Wildman–Crippen MR) is 54.1 cm³/mol. The van der Waals surface area contributed by atoms with Crippen molar-refractivity contribution in [3.05, 3.63) is 27.7 Å². The maximum absolute atomic E-state index is 9.13. The first-order valence-electron chi connectivity index (χ1n) is 3.69. The minimum Gasteiger partial charge on any atom is -0.508 e. The lowest BCUT2D eigenvalue weighted by atomic mass is 10.1. The zero-order valence-corrected chi connectivity index (χ0v) is 8.31. The molecule has 3 nitrogen and oxygen atoms in total. The summed E-state index contributed by atoms with van der Waals surface area (Å²) >= 11 is 11.7. The molecule has 0 aromatic heterocycles. The Morgan fingerprint density at radius 3 is 2.15 bits per heavy atom. The van der Waals surface area contributed by atoms with Crippen LogP contribution < -0.4 is 11.5 Å². The molecule has 5 N–H and O–H groups in total. The molecule has 0 radical (unpaired) electrons. The Morgan fingerprint density at radius 2 is 1.77 bits per heavy atom. The second kappa shape index (κ2) is 4.15.